The van der Waals surface area contributed by atoms with Gasteiger partial charge in [0.05, 0.1) is 34.7 Å². The van der Waals surface area contributed by atoms with E-state index in [4.69, 9.17) is 28.7 Å². The summed E-state index contributed by atoms with van der Waals surface area (Å²) in [6, 6.07) is 8.03. The van der Waals surface area contributed by atoms with Crippen LogP contribution < -0.4 is 103 Å². The van der Waals surface area contributed by atoms with Crippen LogP contribution in [0.5, 0.6) is 0 Å². The van der Waals surface area contributed by atoms with E-state index in [0.717, 1.165) is 13.8 Å². The van der Waals surface area contributed by atoms with Gasteiger partial charge in [-0.25, -0.2) is 4.79 Å². The Balaban J connectivity index is 1.15. The standard InChI is InChI=1S/C82H117N23O19S/c1-45(2)42-61-78(120)96-56(28-34-84)72(114)95-59(31-37-87)77(119)101-68(46(3)106)80(122)90-39-32-60(75(117)94-57(29-35-85)74(116)100-62(79(121)99-61)43-48-14-8-7-9-15-48)97-73(115)58(30-36-86)98-81(123)69(47(4)107)102-76(118)55(27-33-83)93-66(109)25-24-65(108)92-54(23-26-67(110)111)71(113)91-40-41-104(6)82(124)105-63-44-50(125-64-18-11-10-17-52(64)70(112)88-5)20-21-51(63)53(103-105)22-19-49-16-12-13-38-89-49/h7-22,38,44-47,54-62,68-69,106-107H,23-37,39-43,83-87H2,1-6H3,(H,88,112)(H,90,122)(H,91,113)(H,92,108)(H,93,109)(H,94,117)(H,95,114)(H,96,120)(H,97,115)(H,98,123)(H,99,121)(H,100,116)(H,101,119)(H,102,118)(H,110,111)/b22-19+/t46?,47-,54+,55+,56?,57?,58+,59-,60?,61-,62-,68?,69?/m0/s1. The molecule has 3 aromatic carbocycles. The van der Waals surface area contributed by atoms with E-state index in [0.29, 0.717) is 43.2 Å². The molecule has 42 nitrogen and oxygen atoms in total. The summed E-state index contributed by atoms with van der Waals surface area (Å²) in [5.74, 6) is -14.8. The lowest BCUT2D eigenvalue weighted by Gasteiger charge is -2.29. The first-order valence-electron chi connectivity index (χ1n) is 41.0. The molecule has 1 aliphatic rings. The van der Waals surface area contributed by atoms with Crippen molar-refractivity contribution >= 4 is 130 Å². The van der Waals surface area contributed by atoms with Gasteiger partial charge in [-0.3, -0.25) is 76.9 Å². The Kier molecular flexibility index (Phi) is 41.9. The van der Waals surface area contributed by atoms with Gasteiger partial charge >= 0.3 is 12.0 Å². The van der Waals surface area contributed by atoms with E-state index in [-0.39, 0.29) is 96.2 Å². The van der Waals surface area contributed by atoms with Crippen molar-refractivity contribution in [1.29, 1.82) is 0 Å². The van der Waals surface area contributed by atoms with Gasteiger partial charge in [-0.2, -0.15) is 9.78 Å². The zero-order valence-electron chi connectivity index (χ0n) is 70.6. The van der Waals surface area contributed by atoms with Crippen LogP contribution in [0.2, 0.25) is 0 Å². The number of aliphatic hydroxyl groups excluding tert-OH is 2. The van der Waals surface area contributed by atoms with Crippen LogP contribution in [0.15, 0.2) is 107 Å². The van der Waals surface area contributed by atoms with Crippen molar-refractivity contribution in [2.24, 2.45) is 34.6 Å². The van der Waals surface area contributed by atoms with E-state index in [1.54, 1.807) is 111 Å². The maximum atomic E-state index is 14.8. The third-order valence-electron chi connectivity index (χ3n) is 19.7. The quantitative estimate of drug-likeness (QED) is 0.0176. The highest BCUT2D eigenvalue weighted by atomic mass is 32.2. The molecule has 15 amide bonds. The molecule has 6 unspecified atom stereocenters. The second-order valence-electron chi connectivity index (χ2n) is 30.1. The highest BCUT2D eigenvalue weighted by Crippen LogP contribution is 2.34. The number of carboxylic acids is 1. The van der Waals surface area contributed by atoms with E-state index >= 15 is 0 Å². The Hall–Kier alpha value is -12.4. The number of amides is 15. The maximum Gasteiger partial charge on any atom is 0.345 e. The topological polar surface area (TPSA) is 666 Å². The molecule has 3 heterocycles. The van der Waals surface area contributed by atoms with Gasteiger partial charge in [0.25, 0.3) is 5.91 Å². The van der Waals surface area contributed by atoms with Gasteiger partial charge in [-0.05, 0) is 164 Å². The number of fused-ring (bicyclic) bond motifs is 1. The number of nitrogens with zero attached hydrogens (tertiary/aromatic N) is 4. The number of aromatic nitrogens is 3. The molecule has 1 fully saturated rings. The predicted octanol–water partition coefficient (Wildman–Crippen LogP) is -4.58. The third kappa shape index (κ3) is 32.3. The van der Waals surface area contributed by atoms with E-state index in [9.17, 15) is 92.0 Å². The second-order valence-corrected chi connectivity index (χ2v) is 31.2. The number of hydrogen-bond acceptors (Lipinski definition) is 26. The number of nitrogens with two attached hydrogens (primary N) is 5. The fraction of sp³-hybridized carbons (Fsp3) is 0.488. The molecule has 1 aliphatic heterocycles. The zero-order chi connectivity index (χ0) is 92.0. The van der Waals surface area contributed by atoms with Crippen molar-refractivity contribution in [3.8, 4) is 0 Å². The van der Waals surface area contributed by atoms with E-state index in [2.05, 4.69) is 84.5 Å². The fourth-order valence-corrected chi connectivity index (χ4v) is 14.0. The number of aliphatic carboxylic acids is 1. The van der Waals surface area contributed by atoms with Crippen molar-refractivity contribution in [1.82, 2.24) is 94.1 Å². The summed E-state index contributed by atoms with van der Waals surface area (Å²) in [5, 5.41) is 72.0. The number of pyridine rings is 1. The molecule has 2 aromatic heterocycles. The van der Waals surface area contributed by atoms with Crippen LogP contribution in [0.3, 0.4) is 0 Å². The van der Waals surface area contributed by atoms with Gasteiger partial charge in [0.2, 0.25) is 76.8 Å². The highest BCUT2D eigenvalue weighted by Gasteiger charge is 2.39. The van der Waals surface area contributed by atoms with Gasteiger partial charge in [0, 0.05) is 80.8 Å². The van der Waals surface area contributed by atoms with Crippen molar-refractivity contribution in [2.45, 2.75) is 193 Å². The number of carbonyl (C=O) groups is 16. The monoisotopic (exact) mass is 1760 g/mol. The van der Waals surface area contributed by atoms with Gasteiger partial charge in [-0.1, -0.05) is 74.1 Å². The minimum Gasteiger partial charge on any atom is -0.481 e. The molecule has 0 bridgehead atoms. The minimum atomic E-state index is -1.92. The van der Waals surface area contributed by atoms with Gasteiger partial charge in [0.15, 0.2) is 0 Å². The normalized spacial score (nSPS) is 19.2. The Labute approximate surface area is 726 Å². The average Bonchev–Trinajstić information content (AvgIpc) is 1.63. The lowest BCUT2D eigenvalue weighted by atomic mass is 10.00. The smallest absolute Gasteiger partial charge is 0.345 e. The molecule has 13 atom stereocenters. The molecule has 0 radical (unpaired) electrons. The molecule has 0 aliphatic carbocycles. The first kappa shape index (κ1) is 101. The maximum absolute atomic E-state index is 14.8. The van der Waals surface area contributed by atoms with Crippen LogP contribution in [0.1, 0.15) is 126 Å². The number of hydrogen-bond donors (Lipinski definition) is 22. The largest absolute Gasteiger partial charge is 0.481 e. The zero-order valence-corrected chi connectivity index (χ0v) is 71.4. The molecular weight excluding hydrogens is 1640 g/mol. The van der Waals surface area contributed by atoms with Crippen LogP contribution in [0, 0.1) is 5.92 Å². The minimum absolute atomic E-state index is 0.000248. The number of likely N-dealkylation sites (N-methyl/N-ethyl adjacent to an activating group) is 1. The fourth-order valence-electron chi connectivity index (χ4n) is 13.0. The summed E-state index contributed by atoms with van der Waals surface area (Å²) in [6.07, 6.45) is -2.72. The van der Waals surface area contributed by atoms with Crippen LogP contribution in [0.4, 0.5) is 4.79 Å². The number of nitrogens with one attached hydrogen (secondary N) is 14. The first-order chi connectivity index (χ1) is 59.6. The summed E-state index contributed by atoms with van der Waals surface area (Å²) in [4.78, 5) is 230. The van der Waals surface area contributed by atoms with E-state index in [1.807, 2.05) is 12.1 Å². The lowest BCUT2D eigenvalue weighted by molar-refractivity contribution is -0.138. The summed E-state index contributed by atoms with van der Waals surface area (Å²) in [5.41, 5.74) is 32.0. The highest BCUT2D eigenvalue weighted by molar-refractivity contribution is 7.99. The molecule has 5 aromatic rings. The molecule has 125 heavy (non-hydrogen) atoms. The van der Waals surface area contributed by atoms with Gasteiger partial charge in [-0.15, -0.1) is 0 Å². The molecule has 0 spiro atoms. The van der Waals surface area contributed by atoms with Crippen LogP contribution >= 0.6 is 11.8 Å². The molecule has 27 N–H and O–H groups in total. The summed E-state index contributed by atoms with van der Waals surface area (Å²) in [7, 11) is 2.98. The van der Waals surface area contributed by atoms with Crippen LogP contribution in [-0.4, -0.2) is 275 Å². The Morgan fingerprint density at radius 1 is 0.592 bits per heavy atom. The predicted molar refractivity (Wildman–Crippen MR) is 460 cm³/mol. The summed E-state index contributed by atoms with van der Waals surface area (Å²) < 4.78 is 1.19. The van der Waals surface area contributed by atoms with Crippen molar-refractivity contribution in [3.63, 3.8) is 0 Å². The SMILES string of the molecule is CNC(=O)c1ccccc1Sc1ccc2c(/C=C/c3ccccn3)nn(C(=O)N(C)CCNC(=O)[C@@H](CCC(=O)O)NC(=O)CCC(=O)N[C@H](CCN)C(=O)NC(C(=O)N[C@H](CCN)C(=O)NC3CCNC(=O)C(C(C)O)NC(=O)[C@H](CCN)NC(=O)C(CCN)NC(=O)[C@H](CC(C)C)NC(=O)[C@H](Cc4ccccc4)NC(=O)C(CCN)NC3=O)[C@H](C)O)c2c1. The molecule has 0 saturated carbocycles. The number of benzene rings is 3. The molecule has 680 valence electrons. The Bertz CT molecular complexity index is 4580. The van der Waals surface area contributed by atoms with Crippen molar-refractivity contribution in [3.05, 3.63) is 120 Å². The summed E-state index contributed by atoms with van der Waals surface area (Å²) in [6.45, 7) is 3.70. The Morgan fingerprint density at radius 2 is 1.14 bits per heavy atom. The Morgan fingerprint density at radius 3 is 1.71 bits per heavy atom. The average molecular weight is 1760 g/mol. The van der Waals surface area contributed by atoms with Gasteiger partial charge in [0.1, 0.15) is 66.5 Å². The lowest BCUT2D eigenvalue weighted by Crippen LogP contribution is -2.62. The molecule has 43 heteroatoms. The molecular formula is C82H117N23O19S. The number of carboxylic acid groups (broad SMARTS) is 1. The first-order valence-corrected chi connectivity index (χ1v) is 41.8. The van der Waals surface area contributed by atoms with Crippen molar-refractivity contribution in [2.75, 3.05) is 66.5 Å². The van der Waals surface area contributed by atoms with Crippen LogP contribution in [-0.2, 0) is 73.5 Å². The van der Waals surface area contributed by atoms with Crippen LogP contribution in [0.25, 0.3) is 23.1 Å². The number of aliphatic hydroxyl groups is 2. The molecule has 6 rings (SSSR count). The van der Waals surface area contributed by atoms with Crippen molar-refractivity contribution < 1.29 is 92.0 Å². The second kappa shape index (κ2) is 51.6. The van der Waals surface area contributed by atoms with E-state index in [1.165, 1.54) is 35.4 Å². The summed E-state index contributed by atoms with van der Waals surface area (Å²) >= 11 is 1.29. The van der Waals surface area contributed by atoms with E-state index < -0.39 is 213 Å². The third-order valence-corrected chi connectivity index (χ3v) is 20.8. The van der Waals surface area contributed by atoms with Gasteiger partial charge < -0.3 is 123 Å². The molecule has 1 saturated heterocycles. The number of carbonyl (C=O) groups excluding carboxylic acids is 15. The number of rotatable bonds is 39.